The van der Waals surface area contributed by atoms with Crippen molar-refractivity contribution in [1.29, 1.82) is 0 Å². The minimum absolute atomic E-state index is 0.249. The van der Waals surface area contributed by atoms with Crippen molar-refractivity contribution in [3.8, 4) is 0 Å². The molecule has 1 aromatic rings. The van der Waals surface area contributed by atoms with Crippen LogP contribution in [-0.2, 0) is 51.1 Å². The molecular weight excluding hydrogens is 444 g/mol. The van der Waals surface area contributed by atoms with Crippen molar-refractivity contribution in [2.75, 3.05) is 85.9 Å². The van der Waals surface area contributed by atoms with E-state index >= 15 is 0 Å². The summed E-state index contributed by atoms with van der Waals surface area (Å²) in [4.78, 5) is 9.44. The summed E-state index contributed by atoms with van der Waals surface area (Å²) >= 11 is 0. The van der Waals surface area contributed by atoms with Crippen LogP contribution in [0.4, 0.5) is 0 Å². The Bertz CT molecular complexity index is 744. The summed E-state index contributed by atoms with van der Waals surface area (Å²) in [5, 5.41) is 0. The topological polar surface area (TPSA) is 99.1 Å². The van der Waals surface area contributed by atoms with Gasteiger partial charge in [-0.3, -0.25) is 4.98 Å². The predicted octanol–water partition coefficient (Wildman–Crippen LogP) is 1.77. The van der Waals surface area contributed by atoms with Crippen LogP contribution in [0.15, 0.2) is 17.1 Å². The summed E-state index contributed by atoms with van der Waals surface area (Å²) in [7, 11) is 0. The van der Waals surface area contributed by atoms with Crippen LogP contribution in [-0.4, -0.2) is 102 Å². The highest BCUT2D eigenvalue weighted by Gasteiger charge is 2.28. The maximum Gasteiger partial charge on any atom is 0.218 e. The van der Waals surface area contributed by atoms with E-state index in [0.29, 0.717) is 105 Å². The van der Waals surface area contributed by atoms with Gasteiger partial charge in [0.25, 0.3) is 0 Å². The van der Waals surface area contributed by atoms with Gasteiger partial charge >= 0.3 is 0 Å². The second-order valence-electron chi connectivity index (χ2n) is 8.48. The van der Waals surface area contributed by atoms with Crippen molar-refractivity contribution in [2.45, 2.75) is 32.6 Å². The van der Waals surface area contributed by atoms with Crippen LogP contribution >= 0.6 is 0 Å². The lowest BCUT2D eigenvalue weighted by Crippen LogP contribution is -2.17. The molecule has 0 radical (unpaired) electrons. The molecule has 0 N–H and O–H groups in total. The number of fused-ring (bicyclic) bond motifs is 2. The molecule has 3 heterocycles. The molecular formula is C24H38N2O8. The molecule has 1 aromatic heterocycles. The molecule has 0 aromatic carbocycles. The number of nitrogens with zero attached hydrogens (tertiary/aromatic N) is 2. The van der Waals surface area contributed by atoms with Gasteiger partial charge < -0.3 is 37.9 Å². The second kappa shape index (κ2) is 15.4. The monoisotopic (exact) mass is 482 g/mol. The van der Waals surface area contributed by atoms with Gasteiger partial charge in [0.2, 0.25) is 5.90 Å². The Labute approximate surface area is 201 Å². The van der Waals surface area contributed by atoms with Crippen molar-refractivity contribution < 1.29 is 37.9 Å². The first-order chi connectivity index (χ1) is 16.6. The van der Waals surface area contributed by atoms with E-state index < -0.39 is 0 Å². The summed E-state index contributed by atoms with van der Waals surface area (Å²) in [6, 6.07) is 3.90. The number of hydrogen-bond acceptors (Lipinski definition) is 10. The first kappa shape index (κ1) is 26.9. The van der Waals surface area contributed by atoms with E-state index in [1.54, 1.807) is 0 Å². The van der Waals surface area contributed by atoms with E-state index in [1.165, 1.54) is 0 Å². The summed E-state index contributed by atoms with van der Waals surface area (Å²) in [6.45, 7) is 11.4. The third-order valence-corrected chi connectivity index (χ3v) is 4.95. The van der Waals surface area contributed by atoms with Crippen molar-refractivity contribution in [3.63, 3.8) is 0 Å². The van der Waals surface area contributed by atoms with Crippen molar-refractivity contribution >= 4 is 5.90 Å². The lowest BCUT2D eigenvalue weighted by Gasteiger charge is -2.12. The first-order valence-corrected chi connectivity index (χ1v) is 11.9. The molecule has 192 valence electrons. The Balaban J connectivity index is 1.55. The summed E-state index contributed by atoms with van der Waals surface area (Å²) in [6.07, 6.45) is 0. The Morgan fingerprint density at radius 3 is 1.56 bits per heavy atom. The average molecular weight is 483 g/mol. The van der Waals surface area contributed by atoms with Crippen LogP contribution in [0.5, 0.6) is 0 Å². The standard InChI is InChI=1S/C24H38N2O8/c1-24(2)19-34-23(26-24)21-4-3-20-17-32-15-13-30-11-9-28-7-5-27-6-8-29-10-12-31-14-16-33-18-22(21)25-20/h3-4H,5-19H2,1-2H3. The minimum Gasteiger partial charge on any atom is -0.475 e. The van der Waals surface area contributed by atoms with Crippen LogP contribution in [0.25, 0.3) is 0 Å². The molecule has 2 aliphatic heterocycles. The maximum absolute atomic E-state index is 5.83. The first-order valence-electron chi connectivity index (χ1n) is 11.9. The van der Waals surface area contributed by atoms with Gasteiger partial charge in [-0.1, -0.05) is 0 Å². The zero-order valence-corrected chi connectivity index (χ0v) is 20.4. The number of pyridine rings is 1. The molecule has 10 nitrogen and oxygen atoms in total. The zero-order chi connectivity index (χ0) is 23.9. The summed E-state index contributed by atoms with van der Waals surface area (Å²) in [5.41, 5.74) is 2.17. The average Bonchev–Trinajstić information content (AvgIpc) is 3.19. The van der Waals surface area contributed by atoms with Gasteiger partial charge in [0.1, 0.15) is 6.61 Å². The van der Waals surface area contributed by atoms with Gasteiger partial charge in [-0.05, 0) is 26.0 Å². The smallest absolute Gasteiger partial charge is 0.218 e. The SMILES string of the molecule is CC1(C)COC(c2ccc3nc2COCCOCCOCCOCCOCCOCCOC3)=N1. The molecule has 34 heavy (non-hydrogen) atoms. The quantitative estimate of drug-likeness (QED) is 0.593. The lowest BCUT2D eigenvalue weighted by molar-refractivity contribution is -0.0224. The van der Waals surface area contributed by atoms with Gasteiger partial charge in [0.15, 0.2) is 0 Å². The van der Waals surface area contributed by atoms with Crippen LogP contribution in [0.2, 0.25) is 0 Å². The molecule has 0 saturated heterocycles. The highest BCUT2D eigenvalue weighted by atomic mass is 16.6. The molecule has 0 unspecified atom stereocenters. The summed E-state index contributed by atoms with van der Waals surface area (Å²) < 4.78 is 44.9. The fourth-order valence-corrected chi connectivity index (χ4v) is 3.22. The molecule has 3 rings (SSSR count). The molecule has 0 aliphatic carbocycles. The number of hydrogen-bond donors (Lipinski definition) is 0. The number of aliphatic imine (C=N–C) groups is 1. The second-order valence-corrected chi connectivity index (χ2v) is 8.48. The Hall–Kier alpha value is -1.66. The molecule has 10 heteroatoms. The van der Waals surface area contributed by atoms with Gasteiger partial charge in [0.05, 0.1) is 115 Å². The molecule has 0 saturated carbocycles. The van der Waals surface area contributed by atoms with E-state index in [0.717, 1.165) is 17.0 Å². The van der Waals surface area contributed by atoms with Crippen LogP contribution in [0, 0.1) is 0 Å². The Morgan fingerprint density at radius 2 is 1.09 bits per heavy atom. The van der Waals surface area contributed by atoms with Crippen LogP contribution in [0.1, 0.15) is 30.8 Å². The van der Waals surface area contributed by atoms with Gasteiger partial charge in [-0.2, -0.15) is 0 Å². The molecule has 0 amide bonds. The fraction of sp³-hybridized carbons (Fsp3) is 0.750. The van der Waals surface area contributed by atoms with Crippen molar-refractivity contribution in [2.24, 2.45) is 4.99 Å². The maximum atomic E-state index is 5.83. The van der Waals surface area contributed by atoms with Gasteiger partial charge in [-0.15, -0.1) is 0 Å². The third-order valence-electron chi connectivity index (χ3n) is 4.95. The largest absolute Gasteiger partial charge is 0.475 e. The number of rotatable bonds is 1. The highest BCUT2D eigenvalue weighted by molar-refractivity contribution is 5.96. The Kier molecular flexibility index (Phi) is 12.2. The highest BCUT2D eigenvalue weighted by Crippen LogP contribution is 2.23. The minimum atomic E-state index is -0.249. The fourth-order valence-electron chi connectivity index (χ4n) is 3.22. The van der Waals surface area contributed by atoms with Gasteiger partial charge in [0, 0.05) is 0 Å². The van der Waals surface area contributed by atoms with E-state index in [9.17, 15) is 0 Å². The van der Waals surface area contributed by atoms with Crippen LogP contribution < -0.4 is 0 Å². The Morgan fingerprint density at radius 1 is 0.618 bits per heavy atom. The lowest BCUT2D eigenvalue weighted by atomic mass is 10.1. The van der Waals surface area contributed by atoms with E-state index in [1.807, 2.05) is 26.0 Å². The zero-order valence-electron chi connectivity index (χ0n) is 20.4. The molecule has 0 spiro atoms. The molecule has 2 bridgehead atoms. The summed E-state index contributed by atoms with van der Waals surface area (Å²) in [5.74, 6) is 0.602. The molecule has 0 fully saturated rings. The van der Waals surface area contributed by atoms with Crippen LogP contribution in [0.3, 0.4) is 0 Å². The third kappa shape index (κ3) is 10.3. The number of ether oxygens (including phenoxy) is 8. The molecule has 0 atom stereocenters. The normalized spacial score (nSPS) is 22.8. The van der Waals surface area contributed by atoms with E-state index in [2.05, 4.69) is 4.99 Å². The molecule has 2 aliphatic rings. The van der Waals surface area contributed by atoms with Crippen molar-refractivity contribution in [1.82, 2.24) is 4.98 Å². The number of aromatic nitrogens is 1. The van der Waals surface area contributed by atoms with Crippen molar-refractivity contribution in [3.05, 3.63) is 29.1 Å². The van der Waals surface area contributed by atoms with Gasteiger partial charge in [-0.25, -0.2) is 4.99 Å². The predicted molar refractivity (Wildman–Crippen MR) is 124 cm³/mol. The van der Waals surface area contributed by atoms with E-state index in [4.69, 9.17) is 42.9 Å². The van der Waals surface area contributed by atoms with E-state index in [-0.39, 0.29) is 5.54 Å².